The molecular formula is C24H18FN3O3. The Bertz CT molecular complexity index is 1250. The van der Waals surface area contributed by atoms with E-state index in [1.54, 1.807) is 24.3 Å². The predicted octanol–water partition coefficient (Wildman–Crippen LogP) is 4.34. The molecule has 1 aliphatic rings. The molecule has 0 unspecified atom stereocenters. The van der Waals surface area contributed by atoms with Crippen molar-refractivity contribution >= 4 is 5.91 Å². The lowest BCUT2D eigenvalue weighted by Crippen LogP contribution is -2.25. The van der Waals surface area contributed by atoms with Crippen molar-refractivity contribution in [3.8, 4) is 28.4 Å². The monoisotopic (exact) mass is 415 g/mol. The van der Waals surface area contributed by atoms with Gasteiger partial charge in [0.2, 0.25) is 6.79 Å². The van der Waals surface area contributed by atoms with Crippen molar-refractivity contribution in [2.24, 2.45) is 0 Å². The van der Waals surface area contributed by atoms with Crippen LogP contribution in [0.5, 0.6) is 11.5 Å². The molecule has 5 rings (SSSR count). The highest BCUT2D eigenvalue weighted by Gasteiger charge is 2.19. The maximum absolute atomic E-state index is 14.3. The number of para-hydroxylation sites is 1. The highest BCUT2D eigenvalue weighted by atomic mass is 19.1. The highest BCUT2D eigenvalue weighted by molar-refractivity contribution is 5.94. The summed E-state index contributed by atoms with van der Waals surface area (Å²) in [4.78, 5) is 13.1. The molecule has 2 heterocycles. The number of benzene rings is 3. The minimum Gasteiger partial charge on any atom is -0.454 e. The van der Waals surface area contributed by atoms with Gasteiger partial charge in [0.15, 0.2) is 11.5 Å². The van der Waals surface area contributed by atoms with Crippen LogP contribution in [0.25, 0.3) is 16.9 Å². The van der Waals surface area contributed by atoms with Gasteiger partial charge < -0.3 is 14.8 Å². The number of halogens is 1. The summed E-state index contributed by atoms with van der Waals surface area (Å²) in [5.41, 5.74) is 2.61. The summed E-state index contributed by atoms with van der Waals surface area (Å²) < 4.78 is 26.6. The fourth-order valence-corrected chi connectivity index (χ4v) is 3.43. The molecule has 154 valence electrons. The summed E-state index contributed by atoms with van der Waals surface area (Å²) in [7, 11) is 0. The summed E-state index contributed by atoms with van der Waals surface area (Å²) in [6.07, 6.45) is 0. The largest absolute Gasteiger partial charge is 0.454 e. The zero-order valence-electron chi connectivity index (χ0n) is 16.4. The molecule has 7 heteroatoms. The molecule has 0 spiro atoms. The van der Waals surface area contributed by atoms with E-state index < -0.39 is 5.82 Å². The first-order chi connectivity index (χ1) is 15.2. The van der Waals surface area contributed by atoms with E-state index in [2.05, 4.69) is 10.4 Å². The molecule has 6 nitrogen and oxygen atoms in total. The number of hydrogen-bond acceptors (Lipinski definition) is 4. The van der Waals surface area contributed by atoms with Gasteiger partial charge in [0.05, 0.1) is 11.4 Å². The standard InChI is InChI=1S/C24H18FN3O3/c25-19-9-5-4-8-18(19)20-13-21(28(27-20)17-6-2-1-3-7-17)24(29)26-14-16-10-11-22-23(12-16)31-15-30-22/h1-13H,14-15H2,(H,26,29). The first-order valence-corrected chi connectivity index (χ1v) is 9.76. The summed E-state index contributed by atoms with van der Waals surface area (Å²) in [5, 5.41) is 7.42. The minimum atomic E-state index is -0.396. The van der Waals surface area contributed by atoms with E-state index >= 15 is 0 Å². The van der Waals surface area contributed by atoms with Crippen molar-refractivity contribution in [1.82, 2.24) is 15.1 Å². The third-order valence-corrected chi connectivity index (χ3v) is 4.98. The Balaban J connectivity index is 1.45. The lowest BCUT2D eigenvalue weighted by Gasteiger charge is -2.09. The van der Waals surface area contributed by atoms with Gasteiger partial charge in [-0.2, -0.15) is 5.10 Å². The Labute approximate surface area is 177 Å². The maximum Gasteiger partial charge on any atom is 0.270 e. The fraction of sp³-hybridized carbons (Fsp3) is 0.0833. The van der Waals surface area contributed by atoms with Crippen molar-refractivity contribution in [2.75, 3.05) is 6.79 Å². The highest BCUT2D eigenvalue weighted by Crippen LogP contribution is 2.32. The molecule has 31 heavy (non-hydrogen) atoms. The SMILES string of the molecule is O=C(NCc1ccc2c(c1)OCO2)c1cc(-c2ccccc2F)nn1-c1ccccc1. The van der Waals surface area contributed by atoms with Crippen LogP contribution in [0.4, 0.5) is 4.39 Å². The van der Waals surface area contributed by atoms with Gasteiger partial charge in [0, 0.05) is 12.1 Å². The van der Waals surface area contributed by atoms with Crippen LogP contribution in [0.2, 0.25) is 0 Å². The first kappa shape index (κ1) is 18.9. The molecular weight excluding hydrogens is 397 g/mol. The molecule has 3 aromatic carbocycles. The van der Waals surface area contributed by atoms with Crippen molar-refractivity contribution in [2.45, 2.75) is 6.54 Å². The van der Waals surface area contributed by atoms with Gasteiger partial charge in [0.25, 0.3) is 5.91 Å². The normalized spacial score (nSPS) is 12.0. The molecule has 1 N–H and O–H groups in total. The topological polar surface area (TPSA) is 65.4 Å². The van der Waals surface area contributed by atoms with E-state index in [1.807, 2.05) is 48.5 Å². The van der Waals surface area contributed by atoms with Crippen LogP contribution >= 0.6 is 0 Å². The Morgan fingerprint density at radius 3 is 2.58 bits per heavy atom. The van der Waals surface area contributed by atoms with Crippen LogP contribution < -0.4 is 14.8 Å². The number of ether oxygens (including phenoxy) is 2. The number of hydrogen-bond donors (Lipinski definition) is 1. The molecule has 0 aliphatic carbocycles. The molecule has 1 aliphatic heterocycles. The Morgan fingerprint density at radius 1 is 0.968 bits per heavy atom. The van der Waals surface area contributed by atoms with Gasteiger partial charge >= 0.3 is 0 Å². The number of fused-ring (bicyclic) bond motifs is 1. The van der Waals surface area contributed by atoms with Crippen LogP contribution in [-0.2, 0) is 6.54 Å². The molecule has 0 saturated heterocycles. The minimum absolute atomic E-state index is 0.195. The van der Waals surface area contributed by atoms with Crippen LogP contribution in [-0.4, -0.2) is 22.5 Å². The molecule has 1 amide bonds. The Kier molecular flexibility index (Phi) is 4.84. The van der Waals surface area contributed by atoms with Crippen molar-refractivity contribution in [3.63, 3.8) is 0 Å². The smallest absolute Gasteiger partial charge is 0.270 e. The van der Waals surface area contributed by atoms with Crippen molar-refractivity contribution in [3.05, 3.63) is 95.9 Å². The molecule has 0 bridgehead atoms. The van der Waals surface area contributed by atoms with E-state index in [-0.39, 0.29) is 12.7 Å². The lowest BCUT2D eigenvalue weighted by atomic mass is 10.1. The summed E-state index contributed by atoms with van der Waals surface area (Å²) in [5.74, 6) is 0.624. The maximum atomic E-state index is 14.3. The number of nitrogens with one attached hydrogen (secondary N) is 1. The van der Waals surface area contributed by atoms with Crippen LogP contribution in [0.1, 0.15) is 16.1 Å². The van der Waals surface area contributed by atoms with E-state index in [0.717, 1.165) is 5.56 Å². The van der Waals surface area contributed by atoms with E-state index in [1.165, 1.54) is 10.7 Å². The number of carbonyl (C=O) groups excluding carboxylic acids is 1. The number of nitrogens with zero attached hydrogens (tertiary/aromatic N) is 2. The predicted molar refractivity (Wildman–Crippen MR) is 113 cm³/mol. The van der Waals surface area contributed by atoms with Crippen molar-refractivity contribution in [1.29, 1.82) is 0 Å². The first-order valence-electron chi connectivity index (χ1n) is 9.76. The molecule has 4 aromatic rings. The average Bonchev–Trinajstić information content (AvgIpc) is 3.45. The number of rotatable bonds is 5. The third kappa shape index (κ3) is 3.73. The Hall–Kier alpha value is -4.13. The molecule has 0 saturated carbocycles. The molecule has 0 atom stereocenters. The second-order valence-electron chi connectivity index (χ2n) is 7.01. The van der Waals surface area contributed by atoms with Gasteiger partial charge in [-0.1, -0.05) is 36.4 Å². The second kappa shape index (κ2) is 7.95. The second-order valence-corrected chi connectivity index (χ2v) is 7.01. The van der Waals surface area contributed by atoms with Crippen molar-refractivity contribution < 1.29 is 18.7 Å². The third-order valence-electron chi connectivity index (χ3n) is 4.98. The lowest BCUT2D eigenvalue weighted by molar-refractivity contribution is 0.0943. The van der Waals surface area contributed by atoms with E-state index in [0.29, 0.717) is 40.7 Å². The quantitative estimate of drug-likeness (QED) is 0.527. The van der Waals surface area contributed by atoms with Gasteiger partial charge in [-0.05, 0) is 48.0 Å². The summed E-state index contributed by atoms with van der Waals surface area (Å²) >= 11 is 0. The van der Waals surface area contributed by atoms with Gasteiger partial charge in [-0.15, -0.1) is 0 Å². The molecule has 1 aromatic heterocycles. The van der Waals surface area contributed by atoms with E-state index in [9.17, 15) is 9.18 Å². The molecule has 0 radical (unpaired) electrons. The zero-order chi connectivity index (χ0) is 21.2. The number of carbonyl (C=O) groups is 1. The molecule has 0 fully saturated rings. The van der Waals surface area contributed by atoms with Crippen LogP contribution in [0.15, 0.2) is 78.9 Å². The van der Waals surface area contributed by atoms with Gasteiger partial charge in [-0.25, -0.2) is 9.07 Å². The number of aromatic nitrogens is 2. The van der Waals surface area contributed by atoms with Crippen LogP contribution in [0.3, 0.4) is 0 Å². The summed E-state index contributed by atoms with van der Waals surface area (Å²) in [6, 6.07) is 22.7. The van der Waals surface area contributed by atoms with Gasteiger partial charge in [-0.3, -0.25) is 4.79 Å². The summed E-state index contributed by atoms with van der Waals surface area (Å²) in [6.45, 7) is 0.491. The zero-order valence-corrected chi connectivity index (χ0v) is 16.4. The fourth-order valence-electron chi connectivity index (χ4n) is 3.43. The number of amides is 1. The Morgan fingerprint density at radius 2 is 1.74 bits per heavy atom. The van der Waals surface area contributed by atoms with Crippen LogP contribution in [0, 0.1) is 5.82 Å². The average molecular weight is 415 g/mol. The van der Waals surface area contributed by atoms with E-state index in [4.69, 9.17) is 9.47 Å². The van der Waals surface area contributed by atoms with Gasteiger partial charge in [0.1, 0.15) is 11.5 Å².